The third-order valence-corrected chi connectivity index (χ3v) is 3.03. The van der Waals surface area contributed by atoms with Crippen LogP contribution in [-0.4, -0.2) is 13.2 Å². The Morgan fingerprint density at radius 2 is 1.95 bits per heavy atom. The Hall–Kier alpha value is -1.11. The van der Waals surface area contributed by atoms with Crippen LogP contribution in [-0.2, 0) is 10.9 Å². The van der Waals surface area contributed by atoms with Gasteiger partial charge in [0.1, 0.15) is 0 Å². The summed E-state index contributed by atoms with van der Waals surface area (Å²) in [6, 6.07) is 4.71. The molecule has 0 amide bonds. The molecule has 3 nitrogen and oxygen atoms in total. The minimum atomic E-state index is -4.41. The van der Waals surface area contributed by atoms with Crippen LogP contribution < -0.4 is 11.3 Å². The molecule has 3 N–H and O–H groups in total. The lowest BCUT2D eigenvalue weighted by atomic mass is 9.94. The smallest absolute Gasteiger partial charge is 0.379 e. The normalized spacial score (nSPS) is 15.3. The fraction of sp³-hybridized carbons (Fsp3) is 0.538. The number of hydrogen-bond acceptors (Lipinski definition) is 3. The number of nitrogens with one attached hydrogen (secondary N) is 1. The lowest BCUT2D eigenvalue weighted by molar-refractivity contribution is -0.138. The molecule has 1 aromatic carbocycles. The highest BCUT2D eigenvalue weighted by Gasteiger charge is 2.36. The van der Waals surface area contributed by atoms with E-state index in [0.29, 0.717) is 6.42 Å². The molecule has 0 saturated carbocycles. The van der Waals surface area contributed by atoms with Gasteiger partial charge in [-0.3, -0.25) is 11.3 Å². The molecular formula is C13H19F3N2O. The first kappa shape index (κ1) is 15.9. The Morgan fingerprint density at radius 3 is 2.42 bits per heavy atom. The van der Waals surface area contributed by atoms with Crippen molar-refractivity contribution in [3.8, 4) is 0 Å². The summed E-state index contributed by atoms with van der Waals surface area (Å²) in [6.45, 7) is 1.94. The topological polar surface area (TPSA) is 47.3 Å². The van der Waals surface area contributed by atoms with Gasteiger partial charge in [0.05, 0.1) is 17.7 Å². The molecule has 0 radical (unpaired) electrons. The zero-order chi connectivity index (χ0) is 14.5. The zero-order valence-electron chi connectivity index (χ0n) is 11.0. The van der Waals surface area contributed by atoms with Gasteiger partial charge in [-0.05, 0) is 18.1 Å². The Balaban J connectivity index is 3.17. The van der Waals surface area contributed by atoms with Crippen LogP contribution in [0.4, 0.5) is 13.2 Å². The van der Waals surface area contributed by atoms with Gasteiger partial charge in [0.25, 0.3) is 0 Å². The van der Waals surface area contributed by atoms with Gasteiger partial charge in [0, 0.05) is 7.11 Å². The molecule has 0 aliphatic heterocycles. The predicted octanol–water partition coefficient (Wildman–Crippen LogP) is 3.02. The number of nitrogens with two attached hydrogens (primary N) is 1. The molecule has 0 heterocycles. The molecule has 2 unspecified atom stereocenters. The Kier molecular flexibility index (Phi) is 5.78. The van der Waals surface area contributed by atoms with Crippen LogP contribution in [0.5, 0.6) is 0 Å². The number of alkyl halides is 3. The minimum absolute atomic E-state index is 0.109. The average molecular weight is 276 g/mol. The van der Waals surface area contributed by atoms with Gasteiger partial charge in [-0.15, -0.1) is 0 Å². The fourth-order valence-corrected chi connectivity index (χ4v) is 2.13. The van der Waals surface area contributed by atoms with Gasteiger partial charge < -0.3 is 4.74 Å². The highest BCUT2D eigenvalue weighted by molar-refractivity contribution is 5.33. The van der Waals surface area contributed by atoms with Gasteiger partial charge >= 0.3 is 6.18 Å². The monoisotopic (exact) mass is 276 g/mol. The number of ether oxygens (including phenoxy) is 1. The maximum absolute atomic E-state index is 13.0. The van der Waals surface area contributed by atoms with Crippen LogP contribution in [0.1, 0.15) is 36.9 Å². The summed E-state index contributed by atoms with van der Waals surface area (Å²) in [6.07, 6.45) is -3.39. The number of halogens is 3. The van der Waals surface area contributed by atoms with Crippen molar-refractivity contribution < 1.29 is 17.9 Å². The Morgan fingerprint density at radius 1 is 1.32 bits per heavy atom. The molecule has 0 bridgehead atoms. The number of hydrazine groups is 1. The van der Waals surface area contributed by atoms with E-state index in [2.05, 4.69) is 5.43 Å². The second-order valence-corrected chi connectivity index (χ2v) is 4.29. The van der Waals surface area contributed by atoms with Crippen molar-refractivity contribution in [1.82, 2.24) is 5.43 Å². The summed E-state index contributed by atoms with van der Waals surface area (Å²) in [5.41, 5.74) is 1.87. The third kappa shape index (κ3) is 3.92. The van der Waals surface area contributed by atoms with Crippen LogP contribution in [0, 0.1) is 0 Å². The molecule has 0 spiro atoms. The van der Waals surface area contributed by atoms with Crippen molar-refractivity contribution >= 4 is 0 Å². The first-order chi connectivity index (χ1) is 8.95. The van der Waals surface area contributed by atoms with Crippen molar-refractivity contribution in [3.05, 3.63) is 35.4 Å². The van der Waals surface area contributed by atoms with E-state index >= 15 is 0 Å². The number of benzene rings is 1. The second-order valence-electron chi connectivity index (χ2n) is 4.29. The Bertz CT molecular complexity index is 396. The van der Waals surface area contributed by atoms with Crippen LogP contribution in [0.25, 0.3) is 0 Å². The van der Waals surface area contributed by atoms with Crippen molar-refractivity contribution in [2.24, 2.45) is 5.84 Å². The van der Waals surface area contributed by atoms with Crippen LogP contribution in [0.15, 0.2) is 24.3 Å². The van der Waals surface area contributed by atoms with Gasteiger partial charge in [-0.2, -0.15) is 13.2 Å². The van der Waals surface area contributed by atoms with Crippen molar-refractivity contribution in [3.63, 3.8) is 0 Å². The molecule has 6 heteroatoms. The number of rotatable bonds is 6. The molecule has 1 aromatic rings. The summed E-state index contributed by atoms with van der Waals surface area (Å²) in [5, 5.41) is 0. The van der Waals surface area contributed by atoms with Crippen molar-refractivity contribution in [2.45, 2.75) is 38.1 Å². The van der Waals surface area contributed by atoms with Crippen LogP contribution in [0.2, 0.25) is 0 Å². The quantitative estimate of drug-likeness (QED) is 0.620. The summed E-state index contributed by atoms with van der Waals surface area (Å²) >= 11 is 0. The van der Waals surface area contributed by atoms with E-state index in [1.165, 1.54) is 19.2 Å². The summed E-state index contributed by atoms with van der Waals surface area (Å²) in [5.74, 6) is 5.43. The molecule has 0 aromatic heterocycles. The predicted molar refractivity (Wildman–Crippen MR) is 67.2 cm³/mol. The first-order valence-electron chi connectivity index (χ1n) is 6.10. The van der Waals surface area contributed by atoms with E-state index < -0.39 is 23.9 Å². The standard InChI is InChI=1S/C13H19F3N2O/c1-3-6-11(19-2)12(18-17)9-7-4-5-8-10(9)13(14,15)16/h4-5,7-8,11-12,18H,3,6,17H2,1-2H3. The maximum Gasteiger partial charge on any atom is 0.416 e. The molecule has 0 saturated heterocycles. The molecule has 108 valence electrons. The molecule has 19 heavy (non-hydrogen) atoms. The van der Waals surface area contributed by atoms with Crippen LogP contribution in [0.3, 0.4) is 0 Å². The Labute approximate surface area is 110 Å². The summed E-state index contributed by atoms with van der Waals surface area (Å²) < 4.78 is 44.2. The van der Waals surface area contributed by atoms with Crippen molar-refractivity contribution in [1.29, 1.82) is 0 Å². The first-order valence-corrected chi connectivity index (χ1v) is 6.10. The highest BCUT2D eigenvalue weighted by atomic mass is 19.4. The second kappa shape index (κ2) is 6.88. The average Bonchev–Trinajstić information content (AvgIpc) is 2.38. The largest absolute Gasteiger partial charge is 0.416 e. The highest BCUT2D eigenvalue weighted by Crippen LogP contribution is 2.36. The van der Waals surface area contributed by atoms with Crippen molar-refractivity contribution in [2.75, 3.05) is 7.11 Å². The lowest BCUT2D eigenvalue weighted by Crippen LogP contribution is -2.38. The number of hydrogen-bond donors (Lipinski definition) is 2. The molecule has 1 rings (SSSR count). The molecular weight excluding hydrogens is 257 g/mol. The molecule has 0 aliphatic carbocycles. The van der Waals surface area contributed by atoms with Gasteiger partial charge in [-0.25, -0.2) is 0 Å². The molecule has 2 atom stereocenters. The zero-order valence-corrected chi connectivity index (χ0v) is 11.0. The summed E-state index contributed by atoms with van der Waals surface area (Å²) in [7, 11) is 1.47. The lowest BCUT2D eigenvalue weighted by Gasteiger charge is -2.27. The summed E-state index contributed by atoms with van der Waals surface area (Å²) in [4.78, 5) is 0. The van der Waals surface area contributed by atoms with Gasteiger partial charge in [0.15, 0.2) is 0 Å². The van der Waals surface area contributed by atoms with Crippen LogP contribution >= 0.6 is 0 Å². The molecule has 0 fully saturated rings. The van der Waals surface area contributed by atoms with Gasteiger partial charge in [0.2, 0.25) is 0 Å². The van der Waals surface area contributed by atoms with E-state index in [1.54, 1.807) is 6.07 Å². The van der Waals surface area contributed by atoms with E-state index in [0.717, 1.165) is 12.5 Å². The van der Waals surface area contributed by atoms with E-state index in [4.69, 9.17) is 10.6 Å². The third-order valence-electron chi connectivity index (χ3n) is 3.03. The fourth-order valence-electron chi connectivity index (χ4n) is 2.13. The SMILES string of the molecule is CCCC(OC)C(NN)c1ccccc1C(F)(F)F. The number of methoxy groups -OCH3 is 1. The molecule has 0 aliphatic rings. The van der Waals surface area contributed by atoms with E-state index in [1.807, 2.05) is 6.92 Å². The van der Waals surface area contributed by atoms with Gasteiger partial charge in [-0.1, -0.05) is 31.5 Å². The minimum Gasteiger partial charge on any atom is -0.379 e. The van der Waals surface area contributed by atoms with E-state index in [-0.39, 0.29) is 5.56 Å². The maximum atomic E-state index is 13.0. The van der Waals surface area contributed by atoms with E-state index in [9.17, 15) is 13.2 Å².